The number of nitrogens with one attached hydrogen (secondary N) is 1. The first kappa shape index (κ1) is 16.6. The molecule has 4 aromatic rings. The van der Waals surface area contributed by atoms with Crippen LogP contribution < -0.4 is 10.1 Å². The first-order valence-electron chi connectivity index (χ1n) is 7.82. The molecule has 0 saturated heterocycles. The molecule has 4 rings (SSSR count). The molecule has 0 aliphatic heterocycles. The van der Waals surface area contributed by atoms with E-state index in [2.05, 4.69) is 21.2 Å². The number of benzene rings is 3. The van der Waals surface area contributed by atoms with E-state index in [0.29, 0.717) is 21.5 Å². The molecule has 4 nitrogen and oxygen atoms in total. The van der Waals surface area contributed by atoms with Gasteiger partial charge in [-0.05, 0) is 30.3 Å². The summed E-state index contributed by atoms with van der Waals surface area (Å²) in [6, 6.07) is 15.3. The van der Waals surface area contributed by atoms with E-state index < -0.39 is 11.7 Å². The Kier molecular flexibility index (Phi) is 4.12. The quantitative estimate of drug-likeness (QED) is 0.465. The Morgan fingerprint density at radius 2 is 1.88 bits per heavy atom. The normalized spacial score (nSPS) is 11.0. The number of methoxy groups -OCH3 is 1. The van der Waals surface area contributed by atoms with Gasteiger partial charge in [0.15, 0.2) is 0 Å². The summed E-state index contributed by atoms with van der Waals surface area (Å²) < 4.78 is 25.8. The number of amides is 1. The molecule has 26 heavy (non-hydrogen) atoms. The Balaban J connectivity index is 1.79. The summed E-state index contributed by atoms with van der Waals surface area (Å²) in [5, 5.41) is 4.53. The number of para-hydroxylation sites is 1. The number of hydrogen-bond donors (Lipinski definition) is 1. The third-order valence-corrected chi connectivity index (χ3v) is 4.61. The summed E-state index contributed by atoms with van der Waals surface area (Å²) in [7, 11) is 1.51. The first-order chi connectivity index (χ1) is 12.6. The maximum Gasteiger partial charge on any atom is 0.258 e. The predicted molar refractivity (Wildman–Crippen MR) is 102 cm³/mol. The lowest BCUT2D eigenvalue weighted by molar-refractivity contribution is 0.102. The van der Waals surface area contributed by atoms with Gasteiger partial charge in [-0.3, -0.25) is 4.79 Å². The molecule has 0 spiro atoms. The minimum Gasteiger partial charge on any atom is -0.495 e. The zero-order valence-electron chi connectivity index (χ0n) is 13.7. The van der Waals surface area contributed by atoms with Crippen molar-refractivity contribution in [3.05, 3.63) is 70.5 Å². The van der Waals surface area contributed by atoms with Crippen LogP contribution in [0.5, 0.6) is 5.75 Å². The van der Waals surface area contributed by atoms with E-state index in [1.165, 1.54) is 25.3 Å². The average Bonchev–Trinajstić information content (AvgIpc) is 3.00. The summed E-state index contributed by atoms with van der Waals surface area (Å²) >= 11 is 3.24. The Hall–Kier alpha value is -2.86. The fourth-order valence-corrected chi connectivity index (χ4v) is 3.24. The van der Waals surface area contributed by atoms with Crippen LogP contribution in [0.2, 0.25) is 0 Å². The number of carbonyl (C=O) groups excluding carboxylic acids is 1. The van der Waals surface area contributed by atoms with Crippen LogP contribution in [0.25, 0.3) is 21.9 Å². The van der Waals surface area contributed by atoms with Gasteiger partial charge >= 0.3 is 0 Å². The van der Waals surface area contributed by atoms with Crippen molar-refractivity contribution in [1.82, 2.24) is 0 Å². The summed E-state index contributed by atoms with van der Waals surface area (Å²) in [6.45, 7) is 0. The molecule has 1 N–H and O–H groups in total. The minimum atomic E-state index is -0.602. The second-order valence-electron chi connectivity index (χ2n) is 5.73. The van der Waals surface area contributed by atoms with Gasteiger partial charge in [0.05, 0.1) is 18.4 Å². The number of rotatable bonds is 3. The number of anilines is 1. The highest BCUT2D eigenvalue weighted by Crippen LogP contribution is 2.36. The molecule has 1 amide bonds. The van der Waals surface area contributed by atoms with Crippen molar-refractivity contribution < 1.29 is 18.3 Å². The van der Waals surface area contributed by atoms with E-state index in [0.717, 1.165) is 16.4 Å². The van der Waals surface area contributed by atoms with Gasteiger partial charge in [0.25, 0.3) is 5.91 Å². The molecule has 0 fully saturated rings. The zero-order chi connectivity index (χ0) is 18.3. The molecule has 0 radical (unpaired) electrons. The van der Waals surface area contributed by atoms with Crippen LogP contribution >= 0.6 is 15.9 Å². The van der Waals surface area contributed by atoms with Crippen LogP contribution in [0.3, 0.4) is 0 Å². The maximum atomic E-state index is 14.0. The van der Waals surface area contributed by atoms with Crippen molar-refractivity contribution in [2.24, 2.45) is 0 Å². The van der Waals surface area contributed by atoms with Gasteiger partial charge in [-0.2, -0.15) is 0 Å². The maximum absolute atomic E-state index is 14.0. The first-order valence-corrected chi connectivity index (χ1v) is 8.62. The van der Waals surface area contributed by atoms with Crippen molar-refractivity contribution in [3.63, 3.8) is 0 Å². The van der Waals surface area contributed by atoms with E-state index in [1.807, 2.05) is 24.3 Å². The second kappa shape index (κ2) is 6.46. The molecule has 6 heteroatoms. The highest BCUT2D eigenvalue weighted by molar-refractivity contribution is 9.10. The lowest BCUT2D eigenvalue weighted by Crippen LogP contribution is -2.14. The fourth-order valence-electron chi connectivity index (χ4n) is 2.88. The minimum absolute atomic E-state index is 0.0638. The Labute approximate surface area is 156 Å². The van der Waals surface area contributed by atoms with Crippen molar-refractivity contribution >= 4 is 49.5 Å². The van der Waals surface area contributed by atoms with Crippen LogP contribution in [0.15, 0.2) is 63.5 Å². The van der Waals surface area contributed by atoms with Crippen LogP contribution in [0.1, 0.15) is 10.4 Å². The van der Waals surface area contributed by atoms with Crippen molar-refractivity contribution in [1.29, 1.82) is 0 Å². The average molecular weight is 414 g/mol. The van der Waals surface area contributed by atoms with Gasteiger partial charge in [-0.15, -0.1) is 0 Å². The van der Waals surface area contributed by atoms with Gasteiger partial charge in [-0.25, -0.2) is 4.39 Å². The fraction of sp³-hybridized carbons (Fsp3) is 0.0500. The van der Waals surface area contributed by atoms with Gasteiger partial charge in [0.2, 0.25) is 0 Å². The van der Waals surface area contributed by atoms with E-state index >= 15 is 0 Å². The summed E-state index contributed by atoms with van der Waals surface area (Å²) in [6.07, 6.45) is 0. The van der Waals surface area contributed by atoms with Crippen LogP contribution in [0, 0.1) is 5.82 Å². The third-order valence-electron chi connectivity index (χ3n) is 4.12. The molecule has 0 saturated carbocycles. The standard InChI is InChI=1S/C20H13BrFNO3/c1-25-19-9-13-12-4-2-3-5-17(12)26-18(13)10-16(19)23-20(24)14-8-11(21)6-7-15(14)22/h2-10H,1H3,(H,23,24). The third kappa shape index (κ3) is 2.82. The largest absolute Gasteiger partial charge is 0.495 e. The molecule has 130 valence electrons. The van der Waals surface area contributed by atoms with Crippen LogP contribution in [-0.2, 0) is 0 Å². The second-order valence-corrected chi connectivity index (χ2v) is 6.64. The smallest absolute Gasteiger partial charge is 0.258 e. The summed E-state index contributed by atoms with van der Waals surface area (Å²) in [4.78, 5) is 12.5. The van der Waals surface area contributed by atoms with Crippen LogP contribution in [-0.4, -0.2) is 13.0 Å². The van der Waals surface area contributed by atoms with Crippen molar-refractivity contribution in [2.75, 3.05) is 12.4 Å². The monoisotopic (exact) mass is 413 g/mol. The highest BCUT2D eigenvalue weighted by atomic mass is 79.9. The number of carbonyl (C=O) groups is 1. The molecule has 3 aromatic carbocycles. The van der Waals surface area contributed by atoms with Gasteiger partial charge < -0.3 is 14.5 Å². The Morgan fingerprint density at radius 1 is 1.08 bits per heavy atom. The number of fused-ring (bicyclic) bond motifs is 3. The molecule has 0 aliphatic rings. The lowest BCUT2D eigenvalue weighted by Gasteiger charge is -2.11. The van der Waals surface area contributed by atoms with Gasteiger partial charge in [0, 0.05) is 21.3 Å². The molecule has 0 unspecified atom stereocenters. The Morgan fingerprint density at radius 3 is 2.69 bits per heavy atom. The van der Waals surface area contributed by atoms with E-state index in [4.69, 9.17) is 9.15 Å². The van der Waals surface area contributed by atoms with E-state index in [1.54, 1.807) is 12.1 Å². The van der Waals surface area contributed by atoms with E-state index in [9.17, 15) is 9.18 Å². The van der Waals surface area contributed by atoms with Crippen molar-refractivity contribution in [2.45, 2.75) is 0 Å². The van der Waals surface area contributed by atoms with Crippen LogP contribution in [0.4, 0.5) is 10.1 Å². The number of halogens is 2. The number of ether oxygens (including phenoxy) is 1. The summed E-state index contributed by atoms with van der Waals surface area (Å²) in [5.74, 6) is -0.708. The zero-order valence-corrected chi connectivity index (χ0v) is 15.3. The predicted octanol–water partition coefficient (Wildman–Crippen LogP) is 5.75. The van der Waals surface area contributed by atoms with E-state index in [-0.39, 0.29) is 5.56 Å². The lowest BCUT2D eigenvalue weighted by atomic mass is 10.1. The topological polar surface area (TPSA) is 51.5 Å². The van der Waals surface area contributed by atoms with Gasteiger partial charge in [-0.1, -0.05) is 34.1 Å². The molecule has 1 aromatic heterocycles. The molecule has 0 bridgehead atoms. The molecule has 0 atom stereocenters. The highest BCUT2D eigenvalue weighted by Gasteiger charge is 2.17. The molecule has 0 aliphatic carbocycles. The Bertz CT molecular complexity index is 1150. The number of hydrogen-bond acceptors (Lipinski definition) is 3. The SMILES string of the molecule is COc1cc2c(cc1NC(=O)c1cc(Br)ccc1F)oc1ccccc12. The molecular formula is C20H13BrFNO3. The summed E-state index contributed by atoms with van der Waals surface area (Å²) in [5.41, 5.74) is 1.69. The molecule has 1 heterocycles. The number of furan rings is 1. The molecular weight excluding hydrogens is 401 g/mol. The van der Waals surface area contributed by atoms with Gasteiger partial charge in [0.1, 0.15) is 22.7 Å². The van der Waals surface area contributed by atoms with Crippen molar-refractivity contribution in [3.8, 4) is 5.75 Å².